The maximum atomic E-state index is 12.0. The summed E-state index contributed by atoms with van der Waals surface area (Å²) in [6.45, 7) is 4.69. The van der Waals surface area contributed by atoms with Crippen molar-refractivity contribution < 1.29 is 4.79 Å². The van der Waals surface area contributed by atoms with Crippen LogP contribution in [0.25, 0.3) is 11.0 Å². The third-order valence-corrected chi connectivity index (χ3v) is 3.51. The monoisotopic (exact) mass is 330 g/mol. The molecule has 0 saturated heterocycles. The van der Waals surface area contributed by atoms with Crippen LogP contribution < -0.4 is 5.32 Å². The fraction of sp³-hybridized carbons (Fsp3) is 0.235. The molecule has 0 unspecified atom stereocenters. The summed E-state index contributed by atoms with van der Waals surface area (Å²) >= 11 is 0. The summed E-state index contributed by atoms with van der Waals surface area (Å²) in [6.07, 6.45) is 3.22. The Bertz CT molecular complexity index is 799. The zero-order valence-corrected chi connectivity index (χ0v) is 13.9. The number of imidazole rings is 1. The average molecular weight is 331 g/mol. The zero-order valence-electron chi connectivity index (χ0n) is 13.0. The molecular formula is C17H19ClN4O. The number of aromatic nitrogens is 3. The standard InChI is InChI=1S/C17H18N4O.ClH/c1-11(2)16-20-14-4-3-12(9-15(14)21-16)10-19-17(22)13-5-7-18-8-6-13;/h3-9,11H,10H2,1-2H3,(H,19,22)(H,20,21);1H. The first-order valence-corrected chi connectivity index (χ1v) is 7.30. The van der Waals surface area contributed by atoms with Crippen LogP contribution in [0, 0.1) is 0 Å². The van der Waals surface area contributed by atoms with Gasteiger partial charge in [0, 0.05) is 30.4 Å². The van der Waals surface area contributed by atoms with Crippen molar-refractivity contribution in [2.24, 2.45) is 0 Å². The lowest BCUT2D eigenvalue weighted by Crippen LogP contribution is -2.22. The fourth-order valence-electron chi connectivity index (χ4n) is 2.25. The van der Waals surface area contributed by atoms with Gasteiger partial charge in [-0.15, -0.1) is 12.4 Å². The molecule has 3 aromatic rings. The summed E-state index contributed by atoms with van der Waals surface area (Å²) in [5.41, 5.74) is 3.60. The summed E-state index contributed by atoms with van der Waals surface area (Å²) in [5, 5.41) is 2.91. The highest BCUT2D eigenvalue weighted by Gasteiger charge is 2.08. The van der Waals surface area contributed by atoms with Gasteiger partial charge in [-0.05, 0) is 29.8 Å². The predicted molar refractivity (Wildman–Crippen MR) is 92.8 cm³/mol. The van der Waals surface area contributed by atoms with E-state index in [2.05, 4.69) is 34.1 Å². The number of amides is 1. The van der Waals surface area contributed by atoms with Crippen molar-refractivity contribution in [3.05, 3.63) is 59.7 Å². The summed E-state index contributed by atoms with van der Waals surface area (Å²) in [6, 6.07) is 9.39. The first kappa shape index (κ1) is 17.0. The number of benzene rings is 1. The van der Waals surface area contributed by atoms with E-state index in [-0.39, 0.29) is 18.3 Å². The van der Waals surface area contributed by atoms with Gasteiger partial charge in [0.2, 0.25) is 0 Å². The molecular weight excluding hydrogens is 312 g/mol. The van der Waals surface area contributed by atoms with Crippen LogP contribution in [0.15, 0.2) is 42.7 Å². The number of H-pyrrole nitrogens is 1. The lowest BCUT2D eigenvalue weighted by molar-refractivity contribution is 0.0951. The third kappa shape index (κ3) is 3.87. The fourth-order valence-corrected chi connectivity index (χ4v) is 2.25. The van der Waals surface area contributed by atoms with Crippen molar-refractivity contribution in [1.29, 1.82) is 0 Å². The van der Waals surface area contributed by atoms with Gasteiger partial charge in [0.05, 0.1) is 11.0 Å². The Hall–Kier alpha value is -2.40. The number of carbonyl (C=O) groups is 1. The number of hydrogen-bond donors (Lipinski definition) is 2. The normalized spacial score (nSPS) is 10.6. The molecule has 2 heterocycles. The van der Waals surface area contributed by atoms with E-state index < -0.39 is 0 Å². The van der Waals surface area contributed by atoms with Gasteiger partial charge in [0.25, 0.3) is 5.91 Å². The van der Waals surface area contributed by atoms with Gasteiger partial charge in [0.1, 0.15) is 5.82 Å². The number of nitrogens with zero attached hydrogens (tertiary/aromatic N) is 2. The lowest BCUT2D eigenvalue weighted by Gasteiger charge is -2.05. The van der Waals surface area contributed by atoms with Gasteiger partial charge in [-0.25, -0.2) is 4.98 Å². The highest BCUT2D eigenvalue weighted by Crippen LogP contribution is 2.18. The van der Waals surface area contributed by atoms with Crippen LogP contribution >= 0.6 is 12.4 Å². The molecule has 23 heavy (non-hydrogen) atoms. The minimum absolute atomic E-state index is 0. The van der Waals surface area contributed by atoms with Crippen molar-refractivity contribution >= 4 is 29.3 Å². The van der Waals surface area contributed by atoms with Crippen LogP contribution in [0.2, 0.25) is 0 Å². The van der Waals surface area contributed by atoms with Crippen LogP contribution in [0.1, 0.15) is 41.5 Å². The summed E-state index contributed by atoms with van der Waals surface area (Å²) in [5.74, 6) is 1.24. The molecule has 0 radical (unpaired) electrons. The van der Waals surface area contributed by atoms with Gasteiger partial charge in [-0.3, -0.25) is 9.78 Å². The Balaban J connectivity index is 0.00000192. The molecule has 0 aliphatic heterocycles. The van der Waals surface area contributed by atoms with Crippen molar-refractivity contribution in [2.45, 2.75) is 26.3 Å². The molecule has 1 amide bonds. The van der Waals surface area contributed by atoms with Crippen LogP contribution in [0.3, 0.4) is 0 Å². The van der Waals surface area contributed by atoms with Crippen LogP contribution in [0.4, 0.5) is 0 Å². The molecule has 0 aliphatic rings. The van der Waals surface area contributed by atoms with E-state index in [9.17, 15) is 4.79 Å². The highest BCUT2D eigenvalue weighted by atomic mass is 35.5. The first-order valence-electron chi connectivity index (χ1n) is 7.30. The van der Waals surface area contributed by atoms with Crippen molar-refractivity contribution in [3.8, 4) is 0 Å². The largest absolute Gasteiger partial charge is 0.348 e. The molecule has 120 valence electrons. The number of rotatable bonds is 4. The first-order chi connectivity index (χ1) is 10.6. The van der Waals surface area contributed by atoms with E-state index in [1.165, 1.54) is 0 Å². The molecule has 1 aromatic carbocycles. The Morgan fingerprint density at radius 2 is 1.96 bits per heavy atom. The SMILES string of the molecule is CC(C)c1nc2ccc(CNC(=O)c3ccncc3)cc2[nH]1.Cl. The van der Waals surface area contributed by atoms with Gasteiger partial charge < -0.3 is 10.3 Å². The Morgan fingerprint density at radius 3 is 2.65 bits per heavy atom. The maximum absolute atomic E-state index is 12.0. The Kier molecular flexibility index (Phi) is 5.34. The predicted octanol–water partition coefficient (Wildman–Crippen LogP) is 3.43. The van der Waals surface area contributed by atoms with Crippen LogP contribution in [-0.4, -0.2) is 20.9 Å². The molecule has 0 atom stereocenters. The van der Waals surface area contributed by atoms with E-state index >= 15 is 0 Å². The smallest absolute Gasteiger partial charge is 0.251 e. The van der Waals surface area contributed by atoms with E-state index in [0.717, 1.165) is 22.4 Å². The van der Waals surface area contributed by atoms with E-state index in [1.807, 2.05) is 18.2 Å². The Morgan fingerprint density at radius 1 is 1.22 bits per heavy atom. The van der Waals surface area contributed by atoms with Gasteiger partial charge in [-0.1, -0.05) is 19.9 Å². The van der Waals surface area contributed by atoms with Crippen molar-refractivity contribution in [1.82, 2.24) is 20.3 Å². The molecule has 0 fully saturated rings. The number of carbonyl (C=O) groups excluding carboxylic acids is 1. The summed E-state index contributed by atoms with van der Waals surface area (Å²) in [7, 11) is 0. The van der Waals surface area contributed by atoms with E-state index in [0.29, 0.717) is 18.0 Å². The Labute approximate surface area is 141 Å². The lowest BCUT2D eigenvalue weighted by atomic mass is 10.2. The minimum atomic E-state index is -0.102. The quantitative estimate of drug-likeness (QED) is 0.770. The number of pyridine rings is 1. The summed E-state index contributed by atoms with van der Waals surface area (Å²) in [4.78, 5) is 23.8. The summed E-state index contributed by atoms with van der Waals surface area (Å²) < 4.78 is 0. The van der Waals surface area contributed by atoms with Crippen molar-refractivity contribution in [3.63, 3.8) is 0 Å². The maximum Gasteiger partial charge on any atom is 0.251 e. The molecule has 2 N–H and O–H groups in total. The second-order valence-electron chi connectivity index (χ2n) is 5.55. The molecule has 0 spiro atoms. The highest BCUT2D eigenvalue weighted by molar-refractivity contribution is 5.94. The molecule has 6 heteroatoms. The zero-order chi connectivity index (χ0) is 15.5. The number of fused-ring (bicyclic) bond motifs is 1. The van der Waals surface area contributed by atoms with E-state index in [1.54, 1.807) is 24.5 Å². The molecule has 0 bridgehead atoms. The number of nitrogens with one attached hydrogen (secondary N) is 2. The molecule has 5 nitrogen and oxygen atoms in total. The second-order valence-corrected chi connectivity index (χ2v) is 5.55. The molecule has 0 saturated carbocycles. The van der Waals surface area contributed by atoms with Gasteiger partial charge in [-0.2, -0.15) is 0 Å². The molecule has 0 aliphatic carbocycles. The second kappa shape index (κ2) is 7.24. The third-order valence-electron chi connectivity index (χ3n) is 3.51. The number of aromatic amines is 1. The number of hydrogen-bond acceptors (Lipinski definition) is 3. The van der Waals surface area contributed by atoms with Crippen LogP contribution in [0.5, 0.6) is 0 Å². The van der Waals surface area contributed by atoms with Crippen LogP contribution in [-0.2, 0) is 6.54 Å². The topological polar surface area (TPSA) is 70.7 Å². The molecule has 2 aromatic heterocycles. The van der Waals surface area contributed by atoms with Gasteiger partial charge >= 0.3 is 0 Å². The molecule has 3 rings (SSSR count). The minimum Gasteiger partial charge on any atom is -0.348 e. The van der Waals surface area contributed by atoms with Gasteiger partial charge in [0.15, 0.2) is 0 Å². The van der Waals surface area contributed by atoms with E-state index in [4.69, 9.17) is 0 Å². The average Bonchev–Trinajstić information content (AvgIpc) is 2.97. The number of halogens is 1. The van der Waals surface area contributed by atoms with Crippen molar-refractivity contribution in [2.75, 3.05) is 0 Å².